The third-order valence-electron chi connectivity index (χ3n) is 7.65. The van der Waals surface area contributed by atoms with E-state index < -0.39 is 0 Å². The molecule has 0 amide bonds. The van der Waals surface area contributed by atoms with E-state index in [1.807, 2.05) is 35.7 Å². The van der Waals surface area contributed by atoms with Gasteiger partial charge in [0.25, 0.3) is 5.56 Å². The van der Waals surface area contributed by atoms with Gasteiger partial charge in [-0.1, -0.05) is 0 Å². The van der Waals surface area contributed by atoms with Crippen LogP contribution in [0.25, 0.3) is 33.5 Å². The van der Waals surface area contributed by atoms with Crippen molar-refractivity contribution in [1.29, 1.82) is 0 Å². The number of morpholine rings is 1. The van der Waals surface area contributed by atoms with Crippen molar-refractivity contribution in [1.82, 2.24) is 39.1 Å². The molecule has 2 aliphatic rings. The standard InChI is InChI=1S/C30H31N9O3S/c40-29-26(21-15-32-27(33-16-21)22-17-35-43-19-22)13-20-14-34-30(37-28(20)39(29)8-7-38-9-11-41-12-10-38)36-23-1-3-24(4-2-23)42-25-5-6-31-18-25/h1-4,13-17,19,25,31H,5-12,18H2,(H,34,36,37). The van der Waals surface area contributed by atoms with Crippen molar-refractivity contribution in [3.8, 4) is 28.3 Å². The summed E-state index contributed by atoms with van der Waals surface area (Å²) in [6, 6.07) is 9.58. The van der Waals surface area contributed by atoms with E-state index in [1.54, 1.807) is 29.4 Å². The molecule has 0 saturated carbocycles. The molecule has 1 aromatic carbocycles. The molecule has 2 saturated heterocycles. The third-order valence-corrected chi connectivity index (χ3v) is 8.24. The van der Waals surface area contributed by atoms with Crippen molar-refractivity contribution in [2.75, 3.05) is 51.3 Å². The number of ether oxygens (including phenoxy) is 2. The number of nitrogens with one attached hydrogen (secondary N) is 2. The maximum absolute atomic E-state index is 14.0. The summed E-state index contributed by atoms with van der Waals surface area (Å²) in [6.45, 7) is 6.07. The molecule has 7 rings (SSSR count). The van der Waals surface area contributed by atoms with Crippen LogP contribution in [0.3, 0.4) is 0 Å². The Balaban J connectivity index is 1.19. The largest absolute Gasteiger partial charge is 0.489 e. The van der Waals surface area contributed by atoms with Gasteiger partial charge in [-0.15, -0.1) is 0 Å². The Hall–Kier alpha value is -4.30. The number of hydrogen-bond acceptors (Lipinski definition) is 12. The molecule has 0 spiro atoms. The number of hydrogen-bond donors (Lipinski definition) is 2. The SMILES string of the molecule is O=c1c(-c2cnc(-c3cnsc3)nc2)cc2cnc(Nc3ccc(OC4CCNC4)cc3)nc2n1CCN1CCOCC1. The van der Waals surface area contributed by atoms with Crippen molar-refractivity contribution in [3.63, 3.8) is 0 Å². The average molecular weight is 598 g/mol. The highest BCUT2D eigenvalue weighted by Gasteiger charge is 2.18. The van der Waals surface area contributed by atoms with Gasteiger partial charge in [-0.2, -0.15) is 4.98 Å². The van der Waals surface area contributed by atoms with Crippen molar-refractivity contribution in [3.05, 3.63) is 70.9 Å². The van der Waals surface area contributed by atoms with Gasteiger partial charge in [-0.25, -0.2) is 19.3 Å². The first-order valence-corrected chi connectivity index (χ1v) is 15.2. The van der Waals surface area contributed by atoms with Gasteiger partial charge in [0.2, 0.25) is 5.95 Å². The van der Waals surface area contributed by atoms with E-state index in [9.17, 15) is 4.79 Å². The second-order valence-electron chi connectivity index (χ2n) is 10.5. The monoisotopic (exact) mass is 597 g/mol. The van der Waals surface area contributed by atoms with Crippen LogP contribution >= 0.6 is 11.5 Å². The zero-order valence-electron chi connectivity index (χ0n) is 23.5. The lowest BCUT2D eigenvalue weighted by Crippen LogP contribution is -2.39. The zero-order chi connectivity index (χ0) is 29.0. The van der Waals surface area contributed by atoms with E-state index in [-0.39, 0.29) is 11.7 Å². The Morgan fingerprint density at radius 3 is 2.60 bits per heavy atom. The Labute approximate surface area is 251 Å². The Morgan fingerprint density at radius 2 is 1.86 bits per heavy atom. The van der Waals surface area contributed by atoms with Crippen LogP contribution in [0.2, 0.25) is 0 Å². The fourth-order valence-electron chi connectivity index (χ4n) is 5.30. The molecule has 0 aliphatic carbocycles. The topological polar surface area (TPSA) is 132 Å². The molecule has 2 aliphatic heterocycles. The van der Waals surface area contributed by atoms with Crippen LogP contribution in [-0.2, 0) is 11.3 Å². The van der Waals surface area contributed by atoms with Gasteiger partial charge in [0.05, 0.1) is 25.0 Å². The van der Waals surface area contributed by atoms with Crippen LogP contribution in [0.15, 0.2) is 65.3 Å². The summed E-state index contributed by atoms with van der Waals surface area (Å²) in [5.41, 5.74) is 3.23. The number of anilines is 2. The Morgan fingerprint density at radius 1 is 1.02 bits per heavy atom. The molecule has 1 unspecified atom stereocenters. The minimum Gasteiger partial charge on any atom is -0.489 e. The molecule has 1 atom stereocenters. The first-order valence-electron chi connectivity index (χ1n) is 14.4. The quantitative estimate of drug-likeness (QED) is 0.260. The van der Waals surface area contributed by atoms with Crippen LogP contribution in [0, 0.1) is 0 Å². The molecule has 43 heavy (non-hydrogen) atoms. The number of aromatic nitrogens is 6. The van der Waals surface area contributed by atoms with Gasteiger partial charge in [-0.05, 0) is 54.8 Å². The predicted octanol–water partition coefficient (Wildman–Crippen LogP) is 3.19. The maximum Gasteiger partial charge on any atom is 0.260 e. The average Bonchev–Trinajstić information content (AvgIpc) is 3.78. The minimum absolute atomic E-state index is 0.151. The highest BCUT2D eigenvalue weighted by Crippen LogP contribution is 2.24. The molecular weight excluding hydrogens is 566 g/mol. The lowest BCUT2D eigenvalue weighted by Gasteiger charge is -2.27. The molecule has 0 radical (unpaired) electrons. The van der Waals surface area contributed by atoms with Gasteiger partial charge in [0.1, 0.15) is 17.5 Å². The molecule has 13 heteroatoms. The van der Waals surface area contributed by atoms with Crippen molar-refractivity contribution >= 4 is 34.2 Å². The summed E-state index contributed by atoms with van der Waals surface area (Å²) in [5, 5.41) is 9.23. The highest BCUT2D eigenvalue weighted by molar-refractivity contribution is 7.03. The summed E-state index contributed by atoms with van der Waals surface area (Å²) in [5.74, 6) is 1.80. The fourth-order valence-corrected chi connectivity index (χ4v) is 5.81. The summed E-state index contributed by atoms with van der Waals surface area (Å²) < 4.78 is 17.4. The Bertz CT molecular complexity index is 1730. The highest BCUT2D eigenvalue weighted by atomic mass is 32.1. The second-order valence-corrected chi connectivity index (χ2v) is 11.2. The first kappa shape index (κ1) is 27.5. The second kappa shape index (κ2) is 12.5. The molecule has 0 bridgehead atoms. The molecule has 4 aromatic heterocycles. The van der Waals surface area contributed by atoms with Gasteiger partial charge in [0.15, 0.2) is 5.82 Å². The van der Waals surface area contributed by atoms with E-state index in [0.717, 1.165) is 55.0 Å². The summed E-state index contributed by atoms with van der Waals surface area (Å²) in [4.78, 5) is 34.6. The van der Waals surface area contributed by atoms with E-state index in [0.29, 0.717) is 54.9 Å². The van der Waals surface area contributed by atoms with E-state index in [1.165, 1.54) is 11.5 Å². The number of benzene rings is 1. The van der Waals surface area contributed by atoms with Crippen LogP contribution in [0.1, 0.15) is 6.42 Å². The molecule has 220 valence electrons. The van der Waals surface area contributed by atoms with Gasteiger partial charge < -0.3 is 20.1 Å². The van der Waals surface area contributed by atoms with E-state index >= 15 is 0 Å². The summed E-state index contributed by atoms with van der Waals surface area (Å²) in [6.07, 6.45) is 8.04. The minimum atomic E-state index is -0.151. The van der Waals surface area contributed by atoms with Crippen LogP contribution in [0.4, 0.5) is 11.6 Å². The molecule has 2 fully saturated rings. The van der Waals surface area contributed by atoms with Crippen molar-refractivity contribution in [2.24, 2.45) is 0 Å². The zero-order valence-corrected chi connectivity index (χ0v) is 24.3. The molecule has 2 N–H and O–H groups in total. The van der Waals surface area contributed by atoms with E-state index in [4.69, 9.17) is 14.5 Å². The first-order chi connectivity index (χ1) is 21.2. The lowest BCUT2D eigenvalue weighted by atomic mass is 10.1. The number of pyridine rings is 1. The Kier molecular flexibility index (Phi) is 8.01. The summed E-state index contributed by atoms with van der Waals surface area (Å²) >= 11 is 1.34. The maximum atomic E-state index is 14.0. The lowest BCUT2D eigenvalue weighted by molar-refractivity contribution is 0.0364. The fraction of sp³-hybridized carbons (Fsp3) is 0.333. The van der Waals surface area contributed by atoms with Gasteiger partial charge in [0, 0.05) is 78.9 Å². The number of fused-ring (bicyclic) bond motifs is 1. The predicted molar refractivity (Wildman–Crippen MR) is 165 cm³/mol. The molecule has 12 nitrogen and oxygen atoms in total. The van der Waals surface area contributed by atoms with Crippen LogP contribution in [-0.4, -0.2) is 85.8 Å². The van der Waals surface area contributed by atoms with Crippen molar-refractivity contribution in [2.45, 2.75) is 19.1 Å². The molecule has 5 aromatic rings. The van der Waals surface area contributed by atoms with Crippen LogP contribution in [0.5, 0.6) is 5.75 Å². The van der Waals surface area contributed by atoms with Crippen LogP contribution < -0.4 is 20.9 Å². The molecule has 6 heterocycles. The molecular formula is C30H31N9O3S. The van der Waals surface area contributed by atoms with Crippen molar-refractivity contribution < 1.29 is 9.47 Å². The smallest absolute Gasteiger partial charge is 0.260 e. The number of rotatable bonds is 9. The van der Waals surface area contributed by atoms with Gasteiger partial charge in [-0.3, -0.25) is 14.3 Å². The van der Waals surface area contributed by atoms with E-state index in [2.05, 4.69) is 34.9 Å². The summed E-state index contributed by atoms with van der Waals surface area (Å²) in [7, 11) is 0. The normalized spacial score (nSPS) is 17.3. The number of nitrogens with zero attached hydrogens (tertiary/aromatic N) is 7. The third kappa shape index (κ3) is 6.25. The van der Waals surface area contributed by atoms with Gasteiger partial charge >= 0.3 is 0 Å².